The Bertz CT molecular complexity index is 513. The molecule has 1 amide bonds. The van der Waals surface area contributed by atoms with Crippen LogP contribution in [0.15, 0.2) is 23.4 Å². The molecule has 0 aliphatic carbocycles. The van der Waals surface area contributed by atoms with Gasteiger partial charge in [0.1, 0.15) is 0 Å². The van der Waals surface area contributed by atoms with Gasteiger partial charge in [-0.1, -0.05) is 27.7 Å². The predicted molar refractivity (Wildman–Crippen MR) is 85.5 cm³/mol. The maximum absolute atomic E-state index is 12.5. The van der Waals surface area contributed by atoms with Gasteiger partial charge in [0.25, 0.3) is 5.91 Å². The van der Waals surface area contributed by atoms with Crippen LogP contribution in [0.5, 0.6) is 0 Å². The molecular formula is C16H24N2O2S. The number of thioether (sulfide) groups is 1. The largest absolute Gasteiger partial charge is 0.391 e. The van der Waals surface area contributed by atoms with Crippen molar-refractivity contribution >= 4 is 17.7 Å². The Morgan fingerprint density at radius 1 is 1.48 bits per heavy atom. The van der Waals surface area contributed by atoms with E-state index in [1.54, 1.807) is 28.9 Å². The molecule has 1 aliphatic rings. The van der Waals surface area contributed by atoms with Gasteiger partial charge in [0.2, 0.25) is 0 Å². The molecule has 1 aliphatic heterocycles. The zero-order valence-corrected chi connectivity index (χ0v) is 14.0. The lowest BCUT2D eigenvalue weighted by molar-refractivity contribution is 0.0248. The summed E-state index contributed by atoms with van der Waals surface area (Å²) in [6, 6.07) is 3.60. The summed E-state index contributed by atoms with van der Waals surface area (Å²) in [7, 11) is 0. The van der Waals surface area contributed by atoms with Crippen molar-refractivity contribution in [1.29, 1.82) is 0 Å². The Morgan fingerprint density at radius 2 is 2.19 bits per heavy atom. The Morgan fingerprint density at radius 3 is 2.81 bits per heavy atom. The Hall–Kier alpha value is -1.07. The third kappa shape index (κ3) is 4.45. The number of carbonyl (C=O) groups is 1. The quantitative estimate of drug-likeness (QED) is 0.854. The van der Waals surface area contributed by atoms with Crippen LogP contribution in [0.4, 0.5) is 0 Å². The molecule has 4 nitrogen and oxygen atoms in total. The first-order valence-electron chi connectivity index (χ1n) is 7.38. The van der Waals surface area contributed by atoms with Gasteiger partial charge in [-0.15, -0.1) is 11.8 Å². The van der Waals surface area contributed by atoms with Crippen molar-refractivity contribution in [2.24, 2.45) is 5.92 Å². The summed E-state index contributed by atoms with van der Waals surface area (Å²) in [6.45, 7) is 9.52. The van der Waals surface area contributed by atoms with Crippen molar-refractivity contribution in [3.05, 3.63) is 23.9 Å². The van der Waals surface area contributed by atoms with Crippen molar-refractivity contribution in [3.63, 3.8) is 0 Å². The van der Waals surface area contributed by atoms with Crippen molar-refractivity contribution in [2.75, 3.05) is 13.1 Å². The highest BCUT2D eigenvalue weighted by atomic mass is 32.2. The first kappa shape index (κ1) is 16.3. The molecule has 1 fully saturated rings. The van der Waals surface area contributed by atoms with Crippen molar-refractivity contribution in [1.82, 2.24) is 9.88 Å². The molecule has 0 spiro atoms. The lowest BCUT2D eigenvalue weighted by Gasteiger charge is -2.34. The maximum atomic E-state index is 12.5. The molecule has 5 heteroatoms. The van der Waals surface area contributed by atoms with Crippen LogP contribution in [0.2, 0.25) is 0 Å². The van der Waals surface area contributed by atoms with E-state index in [4.69, 9.17) is 0 Å². The first-order valence-corrected chi connectivity index (χ1v) is 8.20. The van der Waals surface area contributed by atoms with Crippen LogP contribution in [0, 0.1) is 5.92 Å². The minimum Gasteiger partial charge on any atom is -0.391 e. The number of piperidine rings is 1. The minimum atomic E-state index is -0.423. The highest BCUT2D eigenvalue weighted by molar-refractivity contribution is 8.00. The van der Waals surface area contributed by atoms with E-state index in [1.165, 1.54) is 0 Å². The fraction of sp³-hybridized carbons (Fsp3) is 0.625. The molecule has 1 saturated heterocycles. The number of rotatable bonds is 2. The predicted octanol–water partition coefficient (Wildman–Crippen LogP) is 2.82. The summed E-state index contributed by atoms with van der Waals surface area (Å²) < 4.78 is 0.0609. The second-order valence-electron chi connectivity index (χ2n) is 6.68. The van der Waals surface area contributed by atoms with Crippen molar-refractivity contribution in [2.45, 2.75) is 50.0 Å². The molecule has 1 aromatic heterocycles. The van der Waals surface area contributed by atoms with E-state index in [0.717, 1.165) is 11.4 Å². The van der Waals surface area contributed by atoms with Gasteiger partial charge in [-0.05, 0) is 24.5 Å². The van der Waals surface area contributed by atoms with E-state index in [2.05, 4.69) is 25.8 Å². The van der Waals surface area contributed by atoms with Crippen LogP contribution in [0.1, 0.15) is 44.5 Å². The topological polar surface area (TPSA) is 53.4 Å². The van der Waals surface area contributed by atoms with Gasteiger partial charge in [-0.2, -0.15) is 0 Å². The van der Waals surface area contributed by atoms with E-state index in [9.17, 15) is 9.90 Å². The molecule has 21 heavy (non-hydrogen) atoms. The SMILES string of the molecule is C[C@H]1CCN(C(=O)c2ccnc(SC(C)(C)C)c2)C[C@@H]1O. The van der Waals surface area contributed by atoms with Gasteiger partial charge >= 0.3 is 0 Å². The van der Waals surface area contributed by atoms with Crippen molar-refractivity contribution in [3.8, 4) is 0 Å². The number of hydrogen-bond donors (Lipinski definition) is 1. The summed E-state index contributed by atoms with van der Waals surface area (Å²) >= 11 is 1.65. The second-order valence-corrected chi connectivity index (χ2v) is 8.53. The zero-order valence-electron chi connectivity index (χ0n) is 13.2. The van der Waals surface area contributed by atoms with Crippen LogP contribution in [-0.2, 0) is 0 Å². The molecule has 1 N–H and O–H groups in total. The van der Waals surface area contributed by atoms with Crippen molar-refractivity contribution < 1.29 is 9.90 Å². The normalized spacial score (nSPS) is 23.2. The summed E-state index contributed by atoms with van der Waals surface area (Å²) in [5, 5.41) is 10.8. The van der Waals surface area contributed by atoms with E-state index in [-0.39, 0.29) is 16.6 Å². The third-order valence-electron chi connectivity index (χ3n) is 3.60. The number of aliphatic hydroxyl groups excluding tert-OH is 1. The number of hydrogen-bond acceptors (Lipinski definition) is 4. The highest BCUT2D eigenvalue weighted by Gasteiger charge is 2.28. The zero-order chi connectivity index (χ0) is 15.6. The average molecular weight is 308 g/mol. The van der Waals surface area contributed by atoms with E-state index < -0.39 is 6.10 Å². The summed E-state index contributed by atoms with van der Waals surface area (Å²) in [4.78, 5) is 18.6. The number of nitrogens with zero attached hydrogens (tertiary/aromatic N) is 2. The number of amides is 1. The lowest BCUT2D eigenvalue weighted by Crippen LogP contribution is -2.45. The number of carbonyl (C=O) groups excluding carboxylic acids is 1. The maximum Gasteiger partial charge on any atom is 0.254 e. The molecule has 116 valence electrons. The molecule has 2 rings (SSSR count). The molecule has 0 saturated carbocycles. The van der Waals surface area contributed by atoms with Gasteiger partial charge in [0.05, 0.1) is 11.1 Å². The fourth-order valence-corrected chi connectivity index (χ4v) is 3.25. The average Bonchev–Trinajstić information content (AvgIpc) is 2.39. The number of aliphatic hydroxyl groups is 1. The molecule has 0 unspecified atom stereocenters. The molecule has 2 heterocycles. The second kappa shape index (κ2) is 6.36. The van der Waals surface area contributed by atoms with Gasteiger partial charge in [-0.25, -0.2) is 4.98 Å². The molecule has 0 bridgehead atoms. The smallest absolute Gasteiger partial charge is 0.254 e. The summed E-state index contributed by atoms with van der Waals surface area (Å²) in [6.07, 6.45) is 2.11. The van der Waals surface area contributed by atoms with Gasteiger partial charge in [-0.3, -0.25) is 4.79 Å². The number of β-amino-alcohol motifs (C(OH)–C–C–N with tert-alkyl or cyclic N) is 1. The van der Waals surface area contributed by atoms with Crippen LogP contribution in [0.25, 0.3) is 0 Å². The Labute approximate surface area is 130 Å². The Kier molecular flexibility index (Phi) is 4.94. The minimum absolute atomic E-state index is 0.0147. The molecule has 0 aromatic carbocycles. The monoisotopic (exact) mass is 308 g/mol. The molecule has 0 radical (unpaired) electrons. The van der Waals surface area contributed by atoms with Crippen LogP contribution in [-0.4, -0.2) is 44.8 Å². The van der Waals surface area contributed by atoms with E-state index >= 15 is 0 Å². The van der Waals surface area contributed by atoms with Gasteiger partial charge in [0.15, 0.2) is 0 Å². The standard InChI is InChI=1S/C16H24N2O2S/c1-11-6-8-18(10-13(11)19)15(20)12-5-7-17-14(9-12)21-16(2,3)4/h5,7,9,11,13,19H,6,8,10H2,1-4H3/t11-,13-/m0/s1. The fourth-order valence-electron chi connectivity index (χ4n) is 2.33. The van der Waals surface area contributed by atoms with Gasteiger partial charge in [0, 0.05) is 29.6 Å². The summed E-state index contributed by atoms with van der Waals surface area (Å²) in [5.41, 5.74) is 0.651. The summed E-state index contributed by atoms with van der Waals surface area (Å²) in [5.74, 6) is 0.248. The van der Waals surface area contributed by atoms with Crippen LogP contribution >= 0.6 is 11.8 Å². The van der Waals surface area contributed by atoms with Gasteiger partial charge < -0.3 is 10.0 Å². The molecule has 1 aromatic rings. The van der Waals surface area contributed by atoms with Crippen LogP contribution in [0.3, 0.4) is 0 Å². The number of pyridine rings is 1. The number of aromatic nitrogens is 1. The van der Waals surface area contributed by atoms with Crippen LogP contribution < -0.4 is 0 Å². The van der Waals surface area contributed by atoms with E-state index in [1.807, 2.05) is 13.0 Å². The Balaban J connectivity index is 2.11. The third-order valence-corrected chi connectivity index (χ3v) is 4.64. The molecule has 2 atom stereocenters. The lowest BCUT2D eigenvalue weighted by atomic mass is 9.95. The highest BCUT2D eigenvalue weighted by Crippen LogP contribution is 2.30. The van der Waals surface area contributed by atoms with E-state index in [0.29, 0.717) is 18.7 Å². The number of likely N-dealkylation sites (tertiary alicyclic amines) is 1. The first-order chi connectivity index (χ1) is 9.76. The molecular weight excluding hydrogens is 284 g/mol.